The number of nitrogens with one attached hydrogen (secondary N) is 2. The third-order valence-corrected chi connectivity index (χ3v) is 8.75. The zero-order valence-corrected chi connectivity index (χ0v) is 23.4. The fraction of sp³-hybridized carbons (Fsp3) is 0.0263. The molecule has 2 N–H and O–H groups in total. The number of furan rings is 1. The first-order chi connectivity index (χ1) is 21.2. The van der Waals surface area contributed by atoms with E-state index >= 15 is 0 Å². The highest BCUT2D eigenvalue weighted by molar-refractivity contribution is 6.24. The molecule has 0 fully saturated rings. The lowest BCUT2D eigenvalue weighted by Gasteiger charge is -2.09. The van der Waals surface area contributed by atoms with E-state index in [1.165, 1.54) is 0 Å². The van der Waals surface area contributed by atoms with Crippen LogP contribution in [0, 0.1) is 5.41 Å². The highest BCUT2D eigenvalue weighted by Crippen LogP contribution is 2.42. The largest absolute Gasteiger partial charge is 0.455 e. The Morgan fingerprint density at radius 1 is 0.581 bits per heavy atom. The number of aromatic nitrogens is 2. The highest BCUT2D eigenvalue weighted by atomic mass is 16.3. The Hall–Kier alpha value is -5.81. The van der Waals surface area contributed by atoms with Gasteiger partial charge in [-0.15, -0.1) is 0 Å². The Kier molecular flexibility index (Phi) is 4.91. The first-order valence-corrected chi connectivity index (χ1v) is 14.5. The van der Waals surface area contributed by atoms with Crippen molar-refractivity contribution in [2.75, 3.05) is 7.05 Å². The molecule has 0 saturated carbocycles. The quantitative estimate of drug-likeness (QED) is 0.165. The van der Waals surface area contributed by atoms with Gasteiger partial charge in [-0.05, 0) is 71.8 Å². The van der Waals surface area contributed by atoms with Crippen LogP contribution in [0.2, 0.25) is 0 Å². The Morgan fingerprint density at radius 2 is 1.23 bits per heavy atom. The Balaban J connectivity index is 1.35. The third-order valence-electron chi connectivity index (χ3n) is 8.75. The van der Waals surface area contributed by atoms with Crippen LogP contribution in [0.5, 0.6) is 0 Å². The summed E-state index contributed by atoms with van der Waals surface area (Å²) < 4.78 is 10.9. The second-order valence-electron chi connectivity index (χ2n) is 11.0. The van der Waals surface area contributed by atoms with E-state index in [0.717, 1.165) is 82.4 Å². The third kappa shape index (κ3) is 3.30. The minimum Gasteiger partial charge on any atom is -0.455 e. The number of hydrogen-bond donors (Lipinski definition) is 2. The molecule has 3 heterocycles. The summed E-state index contributed by atoms with van der Waals surface area (Å²) in [6, 6.07) is 44.8. The number of hydrogen-bond acceptors (Lipinski definition) is 2. The van der Waals surface area contributed by atoms with E-state index in [2.05, 4.69) is 119 Å². The van der Waals surface area contributed by atoms with Gasteiger partial charge in [0.25, 0.3) is 0 Å². The minimum atomic E-state index is 0.351. The molecule has 0 unspecified atom stereocenters. The molecule has 9 rings (SSSR count). The van der Waals surface area contributed by atoms with Crippen molar-refractivity contribution >= 4 is 71.5 Å². The lowest BCUT2D eigenvalue weighted by atomic mass is 10.00. The molecule has 43 heavy (non-hydrogen) atoms. The summed E-state index contributed by atoms with van der Waals surface area (Å²) in [4.78, 5) is 0. The molecule has 204 valence electrons. The summed E-state index contributed by atoms with van der Waals surface area (Å²) >= 11 is 0. The normalized spacial score (nSPS) is 11.9. The zero-order chi connectivity index (χ0) is 28.7. The molecule has 5 heteroatoms. The van der Waals surface area contributed by atoms with Crippen molar-refractivity contribution in [2.24, 2.45) is 0 Å². The van der Waals surface area contributed by atoms with Crippen LogP contribution >= 0.6 is 0 Å². The molecule has 0 aliphatic carbocycles. The van der Waals surface area contributed by atoms with Gasteiger partial charge in [0.05, 0.1) is 27.5 Å². The van der Waals surface area contributed by atoms with Crippen molar-refractivity contribution in [3.05, 3.63) is 127 Å². The van der Waals surface area contributed by atoms with Crippen molar-refractivity contribution in [3.8, 4) is 16.8 Å². The molecule has 5 nitrogen and oxygen atoms in total. The molecular weight excluding hydrogens is 528 g/mol. The highest BCUT2D eigenvalue weighted by Gasteiger charge is 2.20. The van der Waals surface area contributed by atoms with Gasteiger partial charge in [-0.3, -0.25) is 9.98 Å². The molecule has 0 atom stereocenters. The average molecular weight is 555 g/mol. The summed E-state index contributed by atoms with van der Waals surface area (Å²) in [5.74, 6) is 0.351. The van der Waals surface area contributed by atoms with Crippen molar-refractivity contribution in [2.45, 2.75) is 0 Å². The van der Waals surface area contributed by atoms with Gasteiger partial charge in [-0.2, -0.15) is 0 Å². The van der Waals surface area contributed by atoms with Crippen molar-refractivity contribution in [1.82, 2.24) is 14.5 Å². The maximum atomic E-state index is 8.56. The number of benzene rings is 6. The van der Waals surface area contributed by atoms with Crippen LogP contribution in [0.3, 0.4) is 0 Å². The summed E-state index contributed by atoms with van der Waals surface area (Å²) in [7, 11) is 1.79. The predicted octanol–water partition coefficient (Wildman–Crippen LogP) is 9.46. The van der Waals surface area contributed by atoms with E-state index in [-0.39, 0.29) is 0 Å². The van der Waals surface area contributed by atoms with Crippen molar-refractivity contribution in [1.29, 1.82) is 5.41 Å². The lowest BCUT2D eigenvalue weighted by Crippen LogP contribution is -2.25. The molecule has 0 amide bonds. The van der Waals surface area contributed by atoms with Gasteiger partial charge in [-0.25, -0.2) is 0 Å². The van der Waals surface area contributed by atoms with E-state index in [4.69, 9.17) is 9.83 Å². The molecule has 6 aromatic carbocycles. The SMILES string of the molecule is CNC(=N)n1c2ccccc2c2cc(-c3ccc4c(c3)c3c5oc6ccccc6c5ccc3n4-c3ccccc3)ccc21. The fourth-order valence-electron chi connectivity index (χ4n) is 6.83. The maximum absolute atomic E-state index is 8.56. The summed E-state index contributed by atoms with van der Waals surface area (Å²) in [5, 5.41) is 18.4. The second kappa shape index (κ2) is 8.84. The first-order valence-electron chi connectivity index (χ1n) is 14.5. The van der Waals surface area contributed by atoms with Crippen LogP contribution < -0.4 is 5.32 Å². The van der Waals surface area contributed by atoms with Crippen LogP contribution in [0.15, 0.2) is 132 Å². The second-order valence-corrected chi connectivity index (χ2v) is 11.0. The van der Waals surface area contributed by atoms with Crippen molar-refractivity contribution < 1.29 is 4.42 Å². The smallest absolute Gasteiger partial charge is 0.200 e. The average Bonchev–Trinajstić information content (AvgIpc) is 3.71. The van der Waals surface area contributed by atoms with E-state index in [1.54, 1.807) is 7.05 Å². The lowest BCUT2D eigenvalue weighted by molar-refractivity contribution is 0.673. The summed E-state index contributed by atoms with van der Waals surface area (Å²) in [6.45, 7) is 0. The van der Waals surface area contributed by atoms with Crippen molar-refractivity contribution in [3.63, 3.8) is 0 Å². The predicted molar refractivity (Wildman–Crippen MR) is 179 cm³/mol. The summed E-state index contributed by atoms with van der Waals surface area (Å²) in [5.41, 5.74) is 9.48. The molecule has 0 aliphatic heterocycles. The molecule has 0 spiro atoms. The van der Waals surface area contributed by atoms with Crippen LogP contribution in [-0.2, 0) is 0 Å². The van der Waals surface area contributed by atoms with E-state index in [0.29, 0.717) is 5.96 Å². The minimum absolute atomic E-state index is 0.351. The monoisotopic (exact) mass is 554 g/mol. The Bertz CT molecular complexity index is 2570. The van der Waals surface area contributed by atoms with Crippen LogP contribution in [-0.4, -0.2) is 22.1 Å². The molecular formula is C38H26N4O. The van der Waals surface area contributed by atoms with Crippen LogP contribution in [0.1, 0.15) is 0 Å². The van der Waals surface area contributed by atoms with Crippen LogP contribution in [0.4, 0.5) is 0 Å². The molecule has 0 aliphatic rings. The van der Waals surface area contributed by atoms with Gasteiger partial charge in [0.2, 0.25) is 0 Å². The van der Waals surface area contributed by atoms with Gasteiger partial charge in [0.15, 0.2) is 5.96 Å². The van der Waals surface area contributed by atoms with E-state index in [9.17, 15) is 0 Å². The molecule has 3 aromatic heterocycles. The number of rotatable bonds is 2. The van der Waals surface area contributed by atoms with Gasteiger partial charge in [0.1, 0.15) is 11.2 Å². The summed E-state index contributed by atoms with van der Waals surface area (Å²) in [6.07, 6.45) is 0. The molecule has 9 aromatic rings. The number of nitrogens with zero attached hydrogens (tertiary/aromatic N) is 2. The number of para-hydroxylation sites is 3. The molecule has 0 saturated heterocycles. The zero-order valence-electron chi connectivity index (χ0n) is 23.4. The van der Waals surface area contributed by atoms with Crippen LogP contribution in [0.25, 0.3) is 82.4 Å². The topological polar surface area (TPSA) is 58.9 Å². The van der Waals surface area contributed by atoms with Gasteiger partial charge < -0.3 is 14.3 Å². The van der Waals surface area contributed by atoms with Gasteiger partial charge in [0, 0.05) is 39.7 Å². The standard InChI is InChI=1S/C38H26N4O/c1-40-38(39)42-31-13-7-5-11-26(31)29-21-23(15-18-32(29)42)24-16-19-33-30(22-24)36-34(41(33)25-9-3-2-4-10-25)20-17-28-27-12-6-8-14-35(27)43-37(28)36/h2-22H,1H3,(H2,39,40). The van der Waals surface area contributed by atoms with Gasteiger partial charge >= 0.3 is 0 Å². The van der Waals surface area contributed by atoms with E-state index in [1.807, 2.05) is 22.8 Å². The molecule has 0 bridgehead atoms. The van der Waals surface area contributed by atoms with Gasteiger partial charge in [-0.1, -0.05) is 66.7 Å². The Labute approximate surface area is 246 Å². The first kappa shape index (κ1) is 23.9. The molecule has 0 radical (unpaired) electrons. The maximum Gasteiger partial charge on any atom is 0.200 e. The number of fused-ring (bicyclic) bond motifs is 10. The fourth-order valence-corrected chi connectivity index (χ4v) is 6.83. The Morgan fingerprint density at radius 3 is 2.05 bits per heavy atom. The van der Waals surface area contributed by atoms with E-state index < -0.39 is 0 Å².